The highest BCUT2D eigenvalue weighted by Crippen LogP contribution is 2.33. The van der Waals surface area contributed by atoms with Gasteiger partial charge in [0.15, 0.2) is 0 Å². The number of nitrogens with one attached hydrogen (secondary N) is 1. The Kier molecular flexibility index (Phi) is 5.86. The highest BCUT2D eigenvalue weighted by atomic mass is 79.9. The topological polar surface area (TPSA) is 69.6 Å². The van der Waals surface area contributed by atoms with Crippen molar-refractivity contribution in [3.05, 3.63) is 94.0 Å². The number of halogens is 1. The van der Waals surface area contributed by atoms with Crippen molar-refractivity contribution in [3.63, 3.8) is 0 Å². The van der Waals surface area contributed by atoms with Crippen molar-refractivity contribution in [1.82, 2.24) is 0 Å². The summed E-state index contributed by atoms with van der Waals surface area (Å²) >= 11 is 3.34. The van der Waals surface area contributed by atoms with Gasteiger partial charge in [0.1, 0.15) is 0 Å². The predicted molar refractivity (Wildman–Crippen MR) is 122 cm³/mol. The lowest BCUT2D eigenvalue weighted by atomic mass is 9.99. The van der Waals surface area contributed by atoms with Gasteiger partial charge in [-0.3, -0.25) is 4.79 Å². The van der Waals surface area contributed by atoms with Crippen molar-refractivity contribution in [2.45, 2.75) is 12.3 Å². The number of carbonyl (C=O) groups is 2. The quantitative estimate of drug-likeness (QED) is 0.530. The summed E-state index contributed by atoms with van der Waals surface area (Å²) in [7, 11) is 0. The largest absolute Gasteiger partial charge is 0.478 e. The zero-order valence-electron chi connectivity index (χ0n) is 16.2. The number of rotatable bonds is 5. The maximum Gasteiger partial charge on any atom is 0.337 e. The van der Waals surface area contributed by atoms with E-state index in [1.807, 2.05) is 18.2 Å². The van der Waals surface area contributed by atoms with E-state index in [2.05, 4.69) is 38.3 Å². The molecule has 5 nitrogen and oxygen atoms in total. The SMILES string of the molecule is O=C(Nc1ccc(N2CC[C@@H](c3ccccc3)C2)c(C(=O)O)c1)c1ccc(Br)cc1. The molecule has 2 N–H and O–H groups in total. The summed E-state index contributed by atoms with van der Waals surface area (Å²) in [5.41, 5.74) is 3.11. The molecule has 0 saturated carbocycles. The van der Waals surface area contributed by atoms with E-state index in [0.29, 0.717) is 22.9 Å². The van der Waals surface area contributed by atoms with E-state index < -0.39 is 5.97 Å². The van der Waals surface area contributed by atoms with Gasteiger partial charge in [0, 0.05) is 34.7 Å². The van der Waals surface area contributed by atoms with Crippen molar-refractivity contribution < 1.29 is 14.7 Å². The molecule has 0 radical (unpaired) electrons. The first-order chi connectivity index (χ1) is 14.5. The van der Waals surface area contributed by atoms with E-state index in [4.69, 9.17) is 0 Å². The summed E-state index contributed by atoms with van der Waals surface area (Å²) in [6.45, 7) is 1.57. The average molecular weight is 465 g/mol. The molecule has 3 aromatic carbocycles. The van der Waals surface area contributed by atoms with Crippen LogP contribution < -0.4 is 10.2 Å². The fraction of sp³-hybridized carbons (Fsp3) is 0.167. The highest BCUT2D eigenvalue weighted by molar-refractivity contribution is 9.10. The lowest BCUT2D eigenvalue weighted by Crippen LogP contribution is -2.22. The van der Waals surface area contributed by atoms with Crippen molar-refractivity contribution in [2.24, 2.45) is 0 Å². The van der Waals surface area contributed by atoms with Gasteiger partial charge in [0.25, 0.3) is 5.91 Å². The Morgan fingerprint density at radius 1 is 1.00 bits per heavy atom. The molecule has 6 heteroatoms. The number of hydrogen-bond donors (Lipinski definition) is 2. The molecule has 1 amide bonds. The van der Waals surface area contributed by atoms with Gasteiger partial charge in [-0.05, 0) is 54.4 Å². The number of aromatic carboxylic acids is 1. The fourth-order valence-electron chi connectivity index (χ4n) is 3.84. The molecule has 1 heterocycles. The molecule has 0 bridgehead atoms. The molecular weight excluding hydrogens is 444 g/mol. The van der Waals surface area contributed by atoms with Gasteiger partial charge in [-0.15, -0.1) is 0 Å². The van der Waals surface area contributed by atoms with Gasteiger partial charge in [-0.1, -0.05) is 46.3 Å². The van der Waals surface area contributed by atoms with Gasteiger partial charge < -0.3 is 15.3 Å². The third kappa shape index (κ3) is 4.39. The third-order valence-corrected chi connectivity index (χ3v) is 5.92. The highest BCUT2D eigenvalue weighted by Gasteiger charge is 2.27. The number of benzene rings is 3. The average Bonchev–Trinajstić information content (AvgIpc) is 3.25. The monoisotopic (exact) mass is 464 g/mol. The van der Waals surface area contributed by atoms with Crippen LogP contribution in [-0.4, -0.2) is 30.1 Å². The number of carbonyl (C=O) groups excluding carboxylic acids is 1. The van der Waals surface area contributed by atoms with E-state index in [0.717, 1.165) is 24.0 Å². The minimum Gasteiger partial charge on any atom is -0.478 e. The van der Waals surface area contributed by atoms with Crippen LogP contribution in [-0.2, 0) is 0 Å². The number of amides is 1. The Labute approximate surface area is 183 Å². The molecule has 152 valence electrons. The summed E-state index contributed by atoms with van der Waals surface area (Å²) in [5.74, 6) is -0.908. The molecular formula is C24H21BrN2O3. The maximum absolute atomic E-state index is 12.5. The van der Waals surface area contributed by atoms with Crippen LogP contribution in [0.1, 0.15) is 38.6 Å². The van der Waals surface area contributed by atoms with Crippen LogP contribution in [0.3, 0.4) is 0 Å². The Balaban J connectivity index is 1.53. The molecule has 1 fully saturated rings. The first-order valence-electron chi connectivity index (χ1n) is 9.75. The van der Waals surface area contributed by atoms with E-state index in [1.54, 1.807) is 36.4 Å². The minimum atomic E-state index is -1.01. The van der Waals surface area contributed by atoms with Crippen molar-refractivity contribution in [3.8, 4) is 0 Å². The minimum absolute atomic E-state index is 0.192. The summed E-state index contributed by atoms with van der Waals surface area (Å²) < 4.78 is 0.885. The zero-order valence-corrected chi connectivity index (χ0v) is 17.8. The van der Waals surface area contributed by atoms with Gasteiger partial charge in [0.05, 0.1) is 11.3 Å². The second-order valence-corrected chi connectivity index (χ2v) is 8.26. The van der Waals surface area contributed by atoms with Crippen LogP contribution in [0, 0.1) is 0 Å². The first-order valence-corrected chi connectivity index (χ1v) is 10.5. The van der Waals surface area contributed by atoms with Crippen LogP contribution in [0.25, 0.3) is 0 Å². The normalized spacial score (nSPS) is 15.8. The molecule has 0 unspecified atom stereocenters. The lowest BCUT2D eigenvalue weighted by Gasteiger charge is -2.21. The smallest absolute Gasteiger partial charge is 0.337 e. The Bertz CT molecular complexity index is 1070. The standard InChI is InChI=1S/C24H21BrN2O3/c25-19-8-6-17(7-9-19)23(28)26-20-10-11-22(21(14-20)24(29)30)27-13-12-18(15-27)16-4-2-1-3-5-16/h1-11,14,18H,12-13,15H2,(H,26,28)(H,29,30)/t18-/m1/s1. The van der Waals surface area contributed by atoms with E-state index in [1.165, 1.54) is 11.6 Å². The number of anilines is 2. The fourth-order valence-corrected chi connectivity index (χ4v) is 4.11. The van der Waals surface area contributed by atoms with Crippen LogP contribution in [0.15, 0.2) is 77.3 Å². The molecule has 0 spiro atoms. The molecule has 4 rings (SSSR count). The Hall–Kier alpha value is -3.12. The molecule has 1 atom stereocenters. The van der Waals surface area contributed by atoms with E-state index in [-0.39, 0.29) is 11.5 Å². The third-order valence-electron chi connectivity index (χ3n) is 5.39. The summed E-state index contributed by atoms with van der Waals surface area (Å²) in [6.07, 6.45) is 0.977. The zero-order chi connectivity index (χ0) is 21.1. The molecule has 1 saturated heterocycles. The number of hydrogen-bond acceptors (Lipinski definition) is 3. The molecule has 1 aliphatic rings. The van der Waals surface area contributed by atoms with Crippen molar-refractivity contribution >= 4 is 39.2 Å². The number of nitrogens with zero attached hydrogens (tertiary/aromatic N) is 1. The van der Waals surface area contributed by atoms with E-state index >= 15 is 0 Å². The predicted octanol–water partition coefficient (Wildman–Crippen LogP) is 5.39. The molecule has 1 aliphatic heterocycles. The second kappa shape index (κ2) is 8.71. The van der Waals surface area contributed by atoms with Gasteiger partial charge in [0.2, 0.25) is 0 Å². The molecule has 3 aromatic rings. The van der Waals surface area contributed by atoms with Crippen LogP contribution in [0.5, 0.6) is 0 Å². The summed E-state index contributed by atoms with van der Waals surface area (Å²) in [6, 6.07) is 22.4. The van der Waals surface area contributed by atoms with E-state index in [9.17, 15) is 14.7 Å². The Morgan fingerprint density at radius 2 is 1.73 bits per heavy atom. The summed E-state index contributed by atoms with van der Waals surface area (Å²) in [5, 5.41) is 12.6. The molecule has 30 heavy (non-hydrogen) atoms. The van der Waals surface area contributed by atoms with Crippen molar-refractivity contribution in [1.29, 1.82) is 0 Å². The lowest BCUT2D eigenvalue weighted by molar-refractivity contribution is 0.0697. The number of carboxylic acids is 1. The first kappa shape index (κ1) is 20.2. The second-order valence-electron chi connectivity index (χ2n) is 7.34. The Morgan fingerprint density at radius 3 is 2.43 bits per heavy atom. The van der Waals surface area contributed by atoms with Crippen LogP contribution in [0.2, 0.25) is 0 Å². The maximum atomic E-state index is 12.5. The van der Waals surface area contributed by atoms with Gasteiger partial charge >= 0.3 is 5.97 Å². The summed E-state index contributed by atoms with van der Waals surface area (Å²) in [4.78, 5) is 26.5. The van der Waals surface area contributed by atoms with Crippen LogP contribution in [0.4, 0.5) is 11.4 Å². The van der Waals surface area contributed by atoms with Gasteiger partial charge in [-0.25, -0.2) is 4.79 Å². The molecule has 0 aromatic heterocycles. The van der Waals surface area contributed by atoms with Crippen molar-refractivity contribution in [2.75, 3.05) is 23.3 Å². The number of carboxylic acid groups (broad SMARTS) is 1. The van der Waals surface area contributed by atoms with Crippen LogP contribution >= 0.6 is 15.9 Å². The molecule has 0 aliphatic carbocycles. The van der Waals surface area contributed by atoms with Gasteiger partial charge in [-0.2, -0.15) is 0 Å².